The van der Waals surface area contributed by atoms with E-state index >= 15 is 0 Å². The Morgan fingerprint density at radius 1 is 0.893 bits per heavy atom. The minimum Gasteiger partial charge on any atom is -0.493 e. The molecule has 2 N–H and O–H groups in total. The van der Waals surface area contributed by atoms with Gasteiger partial charge in [0.1, 0.15) is 0 Å². The van der Waals surface area contributed by atoms with Gasteiger partial charge < -0.3 is 24.8 Å². The summed E-state index contributed by atoms with van der Waals surface area (Å²) in [4.78, 5) is 4.69. The second-order valence-electron chi connectivity index (χ2n) is 5.97. The Labute approximate surface area is 184 Å². The summed E-state index contributed by atoms with van der Waals surface area (Å²) in [6.07, 6.45) is 0. The lowest BCUT2D eigenvalue weighted by atomic mass is 10.1. The molecule has 0 radical (unpaired) electrons. The normalized spacial score (nSPS) is 10.7. The molecule has 2 aromatic carbocycles. The van der Waals surface area contributed by atoms with Crippen molar-refractivity contribution < 1.29 is 14.2 Å². The van der Waals surface area contributed by atoms with E-state index in [-0.39, 0.29) is 24.0 Å². The number of halogens is 1. The van der Waals surface area contributed by atoms with Gasteiger partial charge in [-0.1, -0.05) is 24.3 Å². The first-order chi connectivity index (χ1) is 13.1. The van der Waals surface area contributed by atoms with Gasteiger partial charge in [-0.3, -0.25) is 0 Å². The topological polar surface area (TPSA) is 64.1 Å². The number of aliphatic imine (C=N–C) groups is 1. The van der Waals surface area contributed by atoms with E-state index in [2.05, 4.69) is 34.7 Å². The molecular weight excluding hydrogens is 469 g/mol. The van der Waals surface area contributed by atoms with Crippen molar-refractivity contribution in [1.29, 1.82) is 0 Å². The molecular formula is C21H30IN3O3. The fourth-order valence-electron chi connectivity index (χ4n) is 2.78. The lowest BCUT2D eigenvalue weighted by Gasteiger charge is -2.16. The first-order valence-corrected chi connectivity index (χ1v) is 8.99. The number of nitrogens with one attached hydrogen (secondary N) is 2. The van der Waals surface area contributed by atoms with Gasteiger partial charge >= 0.3 is 0 Å². The molecule has 0 aliphatic carbocycles. The molecule has 0 saturated heterocycles. The Balaban J connectivity index is 0.00000392. The highest BCUT2D eigenvalue weighted by Gasteiger charge is 2.15. The summed E-state index contributed by atoms with van der Waals surface area (Å²) in [6.45, 7) is 6.09. The Morgan fingerprint density at radius 2 is 1.61 bits per heavy atom. The Bertz CT molecular complexity index is 781. The van der Waals surface area contributed by atoms with E-state index < -0.39 is 0 Å². The van der Waals surface area contributed by atoms with Crippen molar-refractivity contribution in [2.45, 2.75) is 26.9 Å². The molecule has 0 aliphatic heterocycles. The fraction of sp³-hybridized carbons (Fsp3) is 0.381. The Morgan fingerprint density at radius 3 is 2.21 bits per heavy atom. The van der Waals surface area contributed by atoms with E-state index in [1.54, 1.807) is 21.3 Å². The highest BCUT2D eigenvalue weighted by molar-refractivity contribution is 14.0. The molecule has 0 aliphatic rings. The fourth-order valence-corrected chi connectivity index (χ4v) is 2.78. The third kappa shape index (κ3) is 6.19. The predicted octanol–water partition coefficient (Wildman–Crippen LogP) is 3.89. The van der Waals surface area contributed by atoms with Crippen LogP contribution in [0.4, 0.5) is 0 Å². The maximum atomic E-state index is 5.53. The molecule has 6 nitrogen and oxygen atoms in total. The highest BCUT2D eigenvalue weighted by atomic mass is 127. The number of methoxy groups -OCH3 is 3. The summed E-state index contributed by atoms with van der Waals surface area (Å²) >= 11 is 0. The van der Waals surface area contributed by atoms with E-state index in [9.17, 15) is 0 Å². The standard InChI is InChI=1S/C21H29N3O3.HI/c1-6-22-21(23-13-16-10-8-7-9-15(16)2)24-14-17-11-12-18(25-3)20(27-5)19(17)26-4;/h7-12H,6,13-14H2,1-5H3,(H2,22,23,24);1H. The van der Waals surface area contributed by atoms with Gasteiger partial charge in [-0.15, -0.1) is 24.0 Å². The SMILES string of the molecule is CCNC(=NCc1ccc(OC)c(OC)c1OC)NCc1ccccc1C.I. The number of hydrogen-bond acceptors (Lipinski definition) is 4. The third-order valence-corrected chi connectivity index (χ3v) is 4.25. The summed E-state index contributed by atoms with van der Waals surface area (Å²) < 4.78 is 16.3. The first-order valence-electron chi connectivity index (χ1n) is 8.99. The number of guanidine groups is 1. The highest BCUT2D eigenvalue weighted by Crippen LogP contribution is 2.39. The number of rotatable bonds is 8. The lowest BCUT2D eigenvalue weighted by molar-refractivity contribution is 0.322. The maximum absolute atomic E-state index is 5.53. The van der Waals surface area contributed by atoms with Crippen LogP contribution in [0.1, 0.15) is 23.6 Å². The van der Waals surface area contributed by atoms with E-state index in [4.69, 9.17) is 14.2 Å². The van der Waals surface area contributed by atoms with Gasteiger partial charge in [-0.2, -0.15) is 0 Å². The van der Waals surface area contributed by atoms with E-state index in [0.29, 0.717) is 30.3 Å². The van der Waals surface area contributed by atoms with Crippen LogP contribution in [0.25, 0.3) is 0 Å². The molecule has 0 atom stereocenters. The zero-order valence-electron chi connectivity index (χ0n) is 17.2. The number of ether oxygens (including phenoxy) is 3. The lowest BCUT2D eigenvalue weighted by Crippen LogP contribution is -2.36. The van der Waals surface area contributed by atoms with Gasteiger partial charge in [0, 0.05) is 18.7 Å². The van der Waals surface area contributed by atoms with Crippen molar-refractivity contribution >= 4 is 29.9 Å². The van der Waals surface area contributed by atoms with Crippen LogP contribution in [0.2, 0.25) is 0 Å². The maximum Gasteiger partial charge on any atom is 0.203 e. The smallest absolute Gasteiger partial charge is 0.203 e. The minimum absolute atomic E-state index is 0. The van der Waals surface area contributed by atoms with Crippen LogP contribution in [0.5, 0.6) is 17.2 Å². The zero-order chi connectivity index (χ0) is 19.6. The van der Waals surface area contributed by atoms with Gasteiger partial charge in [0.15, 0.2) is 17.5 Å². The molecule has 7 heteroatoms. The monoisotopic (exact) mass is 499 g/mol. The third-order valence-electron chi connectivity index (χ3n) is 4.25. The van der Waals surface area contributed by atoms with Crippen LogP contribution >= 0.6 is 24.0 Å². The molecule has 0 spiro atoms. The molecule has 0 bridgehead atoms. The summed E-state index contributed by atoms with van der Waals surface area (Å²) in [5, 5.41) is 6.65. The van der Waals surface area contributed by atoms with Crippen molar-refractivity contribution in [1.82, 2.24) is 10.6 Å². The second kappa shape index (κ2) is 12.3. The van der Waals surface area contributed by atoms with E-state index in [1.165, 1.54) is 11.1 Å². The average molecular weight is 499 g/mol. The van der Waals surface area contributed by atoms with Crippen molar-refractivity contribution in [3.63, 3.8) is 0 Å². The van der Waals surface area contributed by atoms with Gasteiger partial charge in [0.05, 0.1) is 27.9 Å². The molecule has 0 aromatic heterocycles. The summed E-state index contributed by atoms with van der Waals surface area (Å²) in [5.74, 6) is 2.59. The van der Waals surface area contributed by atoms with Crippen LogP contribution in [-0.2, 0) is 13.1 Å². The first kappa shape index (κ1) is 23.9. The second-order valence-corrected chi connectivity index (χ2v) is 5.97. The molecule has 0 heterocycles. The molecule has 0 amide bonds. The van der Waals surface area contributed by atoms with Crippen LogP contribution in [0.15, 0.2) is 41.4 Å². The predicted molar refractivity (Wildman–Crippen MR) is 124 cm³/mol. The van der Waals surface area contributed by atoms with Crippen LogP contribution < -0.4 is 24.8 Å². The molecule has 28 heavy (non-hydrogen) atoms. The van der Waals surface area contributed by atoms with E-state index in [0.717, 1.165) is 18.1 Å². The number of benzene rings is 2. The molecule has 2 aromatic rings. The zero-order valence-corrected chi connectivity index (χ0v) is 19.5. The molecule has 0 saturated carbocycles. The molecule has 154 valence electrons. The van der Waals surface area contributed by atoms with Gasteiger partial charge in [0.25, 0.3) is 0 Å². The van der Waals surface area contributed by atoms with Gasteiger partial charge in [-0.25, -0.2) is 4.99 Å². The molecule has 0 unspecified atom stereocenters. The summed E-state index contributed by atoms with van der Waals surface area (Å²) in [6, 6.07) is 12.1. The van der Waals surface area contributed by atoms with Crippen molar-refractivity contribution in [3.05, 3.63) is 53.1 Å². The van der Waals surface area contributed by atoms with Crippen LogP contribution in [0, 0.1) is 6.92 Å². The number of aryl methyl sites for hydroxylation is 1. The summed E-state index contributed by atoms with van der Waals surface area (Å²) in [7, 11) is 4.82. The quantitative estimate of drug-likeness (QED) is 0.328. The van der Waals surface area contributed by atoms with Crippen molar-refractivity contribution in [3.8, 4) is 17.2 Å². The van der Waals surface area contributed by atoms with Crippen molar-refractivity contribution in [2.24, 2.45) is 4.99 Å². The van der Waals surface area contributed by atoms with Crippen LogP contribution in [-0.4, -0.2) is 33.8 Å². The number of hydrogen-bond donors (Lipinski definition) is 2. The minimum atomic E-state index is 0. The Hall–Kier alpha value is -2.16. The van der Waals surface area contributed by atoms with Crippen molar-refractivity contribution in [2.75, 3.05) is 27.9 Å². The number of nitrogens with zero attached hydrogens (tertiary/aromatic N) is 1. The average Bonchev–Trinajstić information content (AvgIpc) is 2.70. The van der Waals surface area contributed by atoms with E-state index in [1.807, 2.05) is 31.2 Å². The van der Waals surface area contributed by atoms with Crippen LogP contribution in [0.3, 0.4) is 0 Å². The summed E-state index contributed by atoms with van der Waals surface area (Å²) in [5.41, 5.74) is 3.41. The molecule has 2 rings (SSSR count). The largest absolute Gasteiger partial charge is 0.493 e. The van der Waals surface area contributed by atoms with Gasteiger partial charge in [0.2, 0.25) is 5.75 Å². The van der Waals surface area contributed by atoms with Gasteiger partial charge in [-0.05, 0) is 37.1 Å². The Kier molecular flexibility index (Phi) is 10.5. The molecule has 0 fully saturated rings.